The first kappa shape index (κ1) is 17.2. The normalized spacial score (nSPS) is 14.4. The number of aryl methyl sites for hydroxylation is 2. The fraction of sp³-hybridized carbons (Fsp3) is 0.812. The molecule has 2 unspecified atom stereocenters. The van der Waals surface area contributed by atoms with E-state index >= 15 is 0 Å². The summed E-state index contributed by atoms with van der Waals surface area (Å²) in [6.45, 7) is 8.36. The number of rotatable bonds is 11. The molecule has 0 radical (unpaired) electrons. The molecule has 0 aliphatic heterocycles. The second-order valence-corrected chi connectivity index (χ2v) is 5.34. The van der Waals surface area contributed by atoms with Crippen LogP contribution in [-0.4, -0.2) is 34.8 Å². The van der Waals surface area contributed by atoms with Gasteiger partial charge in [-0.1, -0.05) is 20.3 Å². The Bertz CT molecular complexity index is 345. The van der Waals surface area contributed by atoms with Crippen LogP contribution in [0.1, 0.15) is 52.3 Å². The van der Waals surface area contributed by atoms with E-state index in [4.69, 9.17) is 4.74 Å². The van der Waals surface area contributed by atoms with E-state index in [1.54, 1.807) is 0 Å². The summed E-state index contributed by atoms with van der Waals surface area (Å²) in [5, 5.41) is 3.66. The molecule has 1 N–H and O–H groups in total. The van der Waals surface area contributed by atoms with Crippen LogP contribution in [0.2, 0.25) is 0 Å². The average Bonchev–Trinajstić information content (AvgIpc) is 2.84. The van der Waals surface area contributed by atoms with Gasteiger partial charge in [0.15, 0.2) is 0 Å². The van der Waals surface area contributed by atoms with Crippen molar-refractivity contribution < 1.29 is 4.74 Å². The van der Waals surface area contributed by atoms with Crippen LogP contribution in [-0.2, 0) is 18.2 Å². The Balaban J connectivity index is 2.59. The second kappa shape index (κ2) is 9.94. The van der Waals surface area contributed by atoms with Crippen LogP contribution in [0.4, 0.5) is 0 Å². The highest BCUT2D eigenvalue weighted by atomic mass is 16.5. The quantitative estimate of drug-likeness (QED) is 0.678. The van der Waals surface area contributed by atoms with Gasteiger partial charge in [-0.05, 0) is 32.7 Å². The minimum Gasteiger partial charge on any atom is -0.377 e. The summed E-state index contributed by atoms with van der Waals surface area (Å²) in [7, 11) is 2.06. The summed E-state index contributed by atoms with van der Waals surface area (Å²) in [6.07, 6.45) is 9.72. The molecule has 1 heterocycles. The van der Waals surface area contributed by atoms with Gasteiger partial charge >= 0.3 is 0 Å². The SMILES string of the molecule is CCCNC(CCc1nccn1C)C(CCC)OCC. The molecule has 0 amide bonds. The smallest absolute Gasteiger partial charge is 0.108 e. The number of nitrogens with zero attached hydrogens (tertiary/aromatic N) is 2. The first-order chi connectivity index (χ1) is 9.72. The van der Waals surface area contributed by atoms with Gasteiger partial charge in [-0.25, -0.2) is 4.98 Å². The van der Waals surface area contributed by atoms with Gasteiger partial charge in [0.2, 0.25) is 0 Å². The van der Waals surface area contributed by atoms with Crippen molar-refractivity contribution in [3.63, 3.8) is 0 Å². The van der Waals surface area contributed by atoms with E-state index in [0.717, 1.165) is 51.1 Å². The van der Waals surface area contributed by atoms with Crippen molar-refractivity contribution in [2.24, 2.45) is 7.05 Å². The number of nitrogens with one attached hydrogen (secondary N) is 1. The lowest BCUT2D eigenvalue weighted by molar-refractivity contribution is 0.0259. The molecule has 0 bridgehead atoms. The Morgan fingerprint density at radius 2 is 2.05 bits per heavy atom. The van der Waals surface area contributed by atoms with E-state index in [-0.39, 0.29) is 0 Å². The highest BCUT2D eigenvalue weighted by Crippen LogP contribution is 2.13. The van der Waals surface area contributed by atoms with Crippen molar-refractivity contribution in [2.75, 3.05) is 13.2 Å². The average molecular weight is 281 g/mol. The van der Waals surface area contributed by atoms with Gasteiger partial charge in [0.25, 0.3) is 0 Å². The van der Waals surface area contributed by atoms with Crippen LogP contribution < -0.4 is 5.32 Å². The molecule has 0 spiro atoms. The van der Waals surface area contributed by atoms with Crippen molar-refractivity contribution in [2.45, 2.75) is 65.0 Å². The molecule has 116 valence electrons. The molecule has 0 saturated heterocycles. The van der Waals surface area contributed by atoms with Crippen LogP contribution in [0.15, 0.2) is 12.4 Å². The summed E-state index contributed by atoms with van der Waals surface area (Å²) >= 11 is 0. The second-order valence-electron chi connectivity index (χ2n) is 5.34. The lowest BCUT2D eigenvalue weighted by Gasteiger charge is -2.28. The molecule has 2 atom stereocenters. The largest absolute Gasteiger partial charge is 0.377 e. The molecule has 1 aromatic heterocycles. The maximum Gasteiger partial charge on any atom is 0.108 e. The fourth-order valence-corrected chi connectivity index (χ4v) is 2.57. The van der Waals surface area contributed by atoms with Gasteiger partial charge < -0.3 is 14.6 Å². The Morgan fingerprint density at radius 3 is 2.60 bits per heavy atom. The van der Waals surface area contributed by atoms with Gasteiger partial charge in [-0.15, -0.1) is 0 Å². The Hall–Kier alpha value is -0.870. The standard InChI is InChI=1S/C16H31N3O/c1-5-8-15(20-7-3)14(17-11-6-2)9-10-16-18-12-13-19(16)4/h12-15,17H,5-11H2,1-4H3. The predicted octanol–water partition coefficient (Wildman–Crippen LogP) is 2.93. The van der Waals surface area contributed by atoms with E-state index in [1.807, 2.05) is 12.4 Å². The first-order valence-corrected chi connectivity index (χ1v) is 8.04. The highest BCUT2D eigenvalue weighted by molar-refractivity contribution is 4.93. The van der Waals surface area contributed by atoms with E-state index < -0.39 is 0 Å². The van der Waals surface area contributed by atoms with E-state index in [2.05, 4.69) is 42.7 Å². The Labute approximate surface area is 123 Å². The summed E-state index contributed by atoms with van der Waals surface area (Å²) in [5.41, 5.74) is 0. The summed E-state index contributed by atoms with van der Waals surface area (Å²) in [4.78, 5) is 4.41. The molecule has 0 saturated carbocycles. The number of ether oxygens (including phenoxy) is 1. The predicted molar refractivity (Wildman–Crippen MR) is 83.9 cm³/mol. The number of imidazole rings is 1. The Kier molecular flexibility index (Phi) is 8.54. The zero-order chi connectivity index (χ0) is 14.8. The molecular formula is C16H31N3O. The van der Waals surface area contributed by atoms with Crippen LogP contribution >= 0.6 is 0 Å². The minimum atomic E-state index is 0.316. The number of hydrogen-bond acceptors (Lipinski definition) is 3. The van der Waals surface area contributed by atoms with Crippen molar-refractivity contribution in [1.29, 1.82) is 0 Å². The lowest BCUT2D eigenvalue weighted by atomic mass is 10.0. The molecule has 0 fully saturated rings. The van der Waals surface area contributed by atoms with Crippen LogP contribution in [0, 0.1) is 0 Å². The number of hydrogen-bond donors (Lipinski definition) is 1. The van der Waals surface area contributed by atoms with Gasteiger partial charge in [0, 0.05) is 38.5 Å². The minimum absolute atomic E-state index is 0.316. The molecular weight excluding hydrogens is 250 g/mol. The van der Waals surface area contributed by atoms with Gasteiger partial charge in [0.05, 0.1) is 6.10 Å². The molecule has 4 heteroatoms. The van der Waals surface area contributed by atoms with Crippen LogP contribution in [0.3, 0.4) is 0 Å². The van der Waals surface area contributed by atoms with Crippen molar-refractivity contribution in [3.05, 3.63) is 18.2 Å². The molecule has 0 aromatic carbocycles. The topological polar surface area (TPSA) is 39.1 Å². The first-order valence-electron chi connectivity index (χ1n) is 8.04. The lowest BCUT2D eigenvalue weighted by Crippen LogP contribution is -2.42. The maximum absolute atomic E-state index is 5.95. The van der Waals surface area contributed by atoms with Crippen LogP contribution in [0.5, 0.6) is 0 Å². The third-order valence-electron chi connectivity index (χ3n) is 3.66. The van der Waals surface area contributed by atoms with Gasteiger partial charge in [-0.3, -0.25) is 0 Å². The fourth-order valence-electron chi connectivity index (χ4n) is 2.57. The highest BCUT2D eigenvalue weighted by Gasteiger charge is 2.21. The van der Waals surface area contributed by atoms with E-state index in [9.17, 15) is 0 Å². The summed E-state index contributed by atoms with van der Waals surface area (Å²) < 4.78 is 8.06. The molecule has 0 aliphatic carbocycles. The molecule has 1 aromatic rings. The van der Waals surface area contributed by atoms with Crippen molar-refractivity contribution in [3.8, 4) is 0 Å². The van der Waals surface area contributed by atoms with Crippen molar-refractivity contribution in [1.82, 2.24) is 14.9 Å². The zero-order valence-electron chi connectivity index (χ0n) is 13.6. The van der Waals surface area contributed by atoms with E-state index in [0.29, 0.717) is 12.1 Å². The zero-order valence-corrected chi connectivity index (χ0v) is 13.6. The monoisotopic (exact) mass is 281 g/mol. The van der Waals surface area contributed by atoms with E-state index in [1.165, 1.54) is 0 Å². The molecule has 0 aliphatic rings. The molecule has 4 nitrogen and oxygen atoms in total. The maximum atomic E-state index is 5.95. The van der Waals surface area contributed by atoms with Crippen molar-refractivity contribution >= 4 is 0 Å². The number of aromatic nitrogens is 2. The third kappa shape index (κ3) is 5.63. The third-order valence-corrected chi connectivity index (χ3v) is 3.66. The molecule has 20 heavy (non-hydrogen) atoms. The summed E-state index contributed by atoms with van der Waals surface area (Å²) in [5.74, 6) is 1.15. The summed E-state index contributed by atoms with van der Waals surface area (Å²) in [6, 6.07) is 0.423. The van der Waals surface area contributed by atoms with Crippen LogP contribution in [0.25, 0.3) is 0 Å². The Morgan fingerprint density at radius 1 is 1.25 bits per heavy atom. The van der Waals surface area contributed by atoms with Gasteiger partial charge in [0.1, 0.15) is 5.82 Å². The van der Waals surface area contributed by atoms with Gasteiger partial charge in [-0.2, -0.15) is 0 Å². The molecule has 1 rings (SSSR count).